The van der Waals surface area contributed by atoms with E-state index < -0.39 is 11.4 Å². The lowest BCUT2D eigenvalue weighted by Crippen LogP contribution is -2.41. The molecule has 9 nitrogen and oxygen atoms in total. The molecule has 1 N–H and O–H groups in total. The van der Waals surface area contributed by atoms with Crippen LogP contribution < -0.4 is 16.2 Å². The number of methoxy groups -OCH3 is 1. The lowest BCUT2D eigenvalue weighted by atomic mass is 9.95. The van der Waals surface area contributed by atoms with Crippen LogP contribution in [0.3, 0.4) is 0 Å². The second-order valence-corrected chi connectivity index (χ2v) is 10.2. The number of H-pyrrole nitrogens is 1. The van der Waals surface area contributed by atoms with E-state index in [0.29, 0.717) is 30.4 Å². The van der Waals surface area contributed by atoms with E-state index in [0.717, 1.165) is 58.5 Å². The van der Waals surface area contributed by atoms with Gasteiger partial charge in [0, 0.05) is 25.8 Å². The van der Waals surface area contributed by atoms with Gasteiger partial charge in [0.05, 0.1) is 13.2 Å². The van der Waals surface area contributed by atoms with Crippen molar-refractivity contribution in [3.63, 3.8) is 0 Å². The normalized spacial score (nSPS) is 15.2. The van der Waals surface area contributed by atoms with E-state index in [1.54, 1.807) is 7.11 Å². The number of amides is 1. The van der Waals surface area contributed by atoms with Crippen molar-refractivity contribution < 1.29 is 18.8 Å². The molecule has 0 aliphatic carbocycles. The minimum atomic E-state index is -0.777. The Morgan fingerprint density at radius 1 is 1.05 bits per heavy atom. The van der Waals surface area contributed by atoms with Gasteiger partial charge in [-0.2, -0.15) is 0 Å². The third kappa shape index (κ3) is 6.43. The Balaban J connectivity index is 1.22. The lowest BCUT2D eigenvalue weighted by molar-refractivity contribution is 0.0571. The summed E-state index contributed by atoms with van der Waals surface area (Å²) in [5, 5.41) is 0. The molecule has 0 saturated carbocycles. The highest BCUT2D eigenvalue weighted by molar-refractivity contribution is 5.95. The van der Waals surface area contributed by atoms with Crippen molar-refractivity contribution in [2.24, 2.45) is 5.92 Å². The average molecular weight is 544 g/mol. The summed E-state index contributed by atoms with van der Waals surface area (Å²) in [6.45, 7) is 4.78. The molecule has 1 fully saturated rings. The summed E-state index contributed by atoms with van der Waals surface area (Å²) in [6, 6.07) is 21.4. The van der Waals surface area contributed by atoms with Crippen LogP contribution in [-0.4, -0.2) is 47.3 Å². The number of aromatic nitrogens is 2. The first kappa shape index (κ1) is 27.2. The number of aromatic amines is 1. The van der Waals surface area contributed by atoms with Gasteiger partial charge in [-0.3, -0.25) is 4.79 Å². The molecule has 40 heavy (non-hydrogen) atoms. The monoisotopic (exact) mass is 543 g/mol. The number of piperidine rings is 1. The number of nitrogens with zero attached hydrogens (tertiary/aromatic N) is 2. The fourth-order valence-electron chi connectivity index (χ4n) is 5.19. The minimum Gasteiger partial charge on any atom is -0.489 e. The van der Waals surface area contributed by atoms with E-state index in [9.17, 15) is 14.4 Å². The Morgan fingerprint density at radius 3 is 2.60 bits per heavy atom. The van der Waals surface area contributed by atoms with E-state index in [1.165, 1.54) is 0 Å². The molecule has 2 heterocycles. The molecule has 1 aromatic heterocycles. The number of ether oxygens (including phenoxy) is 2. The quantitative estimate of drug-likeness (QED) is 0.339. The molecular weight excluding hydrogens is 510 g/mol. The van der Waals surface area contributed by atoms with Crippen LogP contribution in [0.1, 0.15) is 39.9 Å². The fraction of sp³-hybridized carbons (Fsp3) is 0.323. The summed E-state index contributed by atoms with van der Waals surface area (Å²) in [6.07, 6.45) is 2.10. The zero-order valence-electron chi connectivity index (χ0n) is 22.7. The number of carbonyl (C=O) groups is 1. The summed E-state index contributed by atoms with van der Waals surface area (Å²) in [5.74, 6) is 0.376. The number of hydrogen-bond acceptors (Lipinski definition) is 6. The number of carbonyl (C=O) groups excluding carboxylic acids is 1. The van der Waals surface area contributed by atoms with E-state index >= 15 is 0 Å². The summed E-state index contributed by atoms with van der Waals surface area (Å²) in [5.41, 5.74) is 5.12. The summed E-state index contributed by atoms with van der Waals surface area (Å²) in [4.78, 5) is 40.0. The fourth-order valence-corrected chi connectivity index (χ4v) is 5.19. The van der Waals surface area contributed by atoms with Gasteiger partial charge in [-0.25, -0.2) is 14.6 Å². The molecule has 1 aliphatic rings. The standard InChI is InChI=1S/C31H33N3O6/c1-21-15-26(29(35)33-14-4-6-24(17-33)19-38-2)10-13-28(21)25-7-3-5-23(16-25)20-39-27-11-8-22(9-12-27)18-34-30(36)32-31(37)40-34/h3,5,7-13,15-16,24H,4,6,14,17-20H2,1-2H3,(H,32,36,37). The van der Waals surface area contributed by atoms with Gasteiger partial charge in [0.1, 0.15) is 12.4 Å². The van der Waals surface area contributed by atoms with Crippen molar-refractivity contribution >= 4 is 5.91 Å². The topological polar surface area (TPSA) is 107 Å². The smallest absolute Gasteiger partial charge is 0.440 e. The van der Waals surface area contributed by atoms with Crippen LogP contribution in [-0.2, 0) is 17.9 Å². The summed E-state index contributed by atoms with van der Waals surface area (Å²) < 4.78 is 17.1. The zero-order chi connectivity index (χ0) is 28.1. The van der Waals surface area contributed by atoms with Crippen molar-refractivity contribution in [2.45, 2.75) is 32.9 Å². The second-order valence-electron chi connectivity index (χ2n) is 10.2. The number of rotatable bonds is 9. The van der Waals surface area contributed by atoms with Gasteiger partial charge in [0.2, 0.25) is 0 Å². The van der Waals surface area contributed by atoms with Crippen LogP contribution in [0.4, 0.5) is 0 Å². The molecular formula is C31H33N3O6. The molecule has 9 heteroatoms. The molecule has 3 aromatic carbocycles. The molecule has 1 atom stereocenters. The van der Waals surface area contributed by atoms with Crippen molar-refractivity contribution in [3.8, 4) is 16.9 Å². The van der Waals surface area contributed by atoms with Crippen LogP contribution in [0.25, 0.3) is 11.1 Å². The third-order valence-corrected chi connectivity index (χ3v) is 7.20. The van der Waals surface area contributed by atoms with Gasteiger partial charge >= 0.3 is 11.4 Å². The van der Waals surface area contributed by atoms with E-state index in [-0.39, 0.29) is 12.5 Å². The lowest BCUT2D eigenvalue weighted by Gasteiger charge is -2.32. The molecule has 1 saturated heterocycles. The Labute approximate surface area is 231 Å². The second kappa shape index (κ2) is 12.2. The maximum Gasteiger partial charge on any atom is 0.440 e. The van der Waals surface area contributed by atoms with E-state index in [2.05, 4.69) is 17.1 Å². The Bertz CT molecular complexity index is 1580. The number of nitrogens with one attached hydrogen (secondary N) is 1. The van der Waals surface area contributed by atoms with Crippen LogP contribution in [0, 0.1) is 12.8 Å². The van der Waals surface area contributed by atoms with Crippen molar-refractivity contribution in [1.82, 2.24) is 14.6 Å². The van der Waals surface area contributed by atoms with Gasteiger partial charge in [-0.1, -0.05) is 36.4 Å². The van der Waals surface area contributed by atoms with Crippen molar-refractivity contribution in [2.75, 3.05) is 26.8 Å². The Morgan fingerprint density at radius 2 is 1.88 bits per heavy atom. The maximum absolute atomic E-state index is 13.2. The molecule has 5 rings (SSSR count). The third-order valence-electron chi connectivity index (χ3n) is 7.20. The van der Waals surface area contributed by atoms with Crippen LogP contribution in [0.2, 0.25) is 0 Å². The maximum atomic E-state index is 13.2. The number of hydrogen-bond donors (Lipinski definition) is 1. The van der Waals surface area contributed by atoms with Crippen LogP contribution >= 0.6 is 0 Å². The first-order valence-corrected chi connectivity index (χ1v) is 13.4. The van der Waals surface area contributed by atoms with E-state index in [1.807, 2.05) is 66.4 Å². The number of aryl methyl sites for hydroxylation is 1. The molecule has 1 unspecified atom stereocenters. The molecule has 1 amide bonds. The van der Waals surface area contributed by atoms with Crippen molar-refractivity contribution in [3.05, 3.63) is 110 Å². The highest BCUT2D eigenvalue weighted by Gasteiger charge is 2.24. The number of likely N-dealkylation sites (tertiary alicyclic amines) is 1. The highest BCUT2D eigenvalue weighted by atomic mass is 16.5. The first-order chi connectivity index (χ1) is 19.4. The van der Waals surface area contributed by atoms with Gasteiger partial charge in [-0.05, 0) is 83.8 Å². The van der Waals surface area contributed by atoms with Gasteiger partial charge in [-0.15, -0.1) is 4.74 Å². The zero-order valence-corrected chi connectivity index (χ0v) is 22.7. The largest absolute Gasteiger partial charge is 0.489 e. The molecule has 208 valence electrons. The first-order valence-electron chi connectivity index (χ1n) is 13.4. The molecule has 0 bridgehead atoms. The Kier molecular flexibility index (Phi) is 8.31. The average Bonchev–Trinajstić information content (AvgIpc) is 3.28. The van der Waals surface area contributed by atoms with Gasteiger partial charge in [0.15, 0.2) is 0 Å². The summed E-state index contributed by atoms with van der Waals surface area (Å²) in [7, 11) is 1.71. The predicted molar refractivity (Wildman–Crippen MR) is 151 cm³/mol. The highest BCUT2D eigenvalue weighted by Crippen LogP contribution is 2.27. The van der Waals surface area contributed by atoms with E-state index in [4.69, 9.17) is 14.0 Å². The summed E-state index contributed by atoms with van der Waals surface area (Å²) >= 11 is 0. The van der Waals surface area contributed by atoms with Gasteiger partial charge < -0.3 is 18.9 Å². The molecule has 0 spiro atoms. The molecule has 0 radical (unpaired) electrons. The number of benzene rings is 3. The van der Waals surface area contributed by atoms with Crippen LogP contribution in [0.5, 0.6) is 5.75 Å². The Hall–Kier alpha value is -4.37. The SMILES string of the molecule is COCC1CCCN(C(=O)c2ccc(-c3cccc(COc4ccc(Cn5oc(=O)[nH]c5=O)cc4)c3)c(C)c2)C1. The molecule has 4 aromatic rings. The minimum absolute atomic E-state index is 0.0772. The van der Waals surface area contributed by atoms with Crippen LogP contribution in [0.15, 0.2) is 80.8 Å². The predicted octanol–water partition coefficient (Wildman–Crippen LogP) is 4.23. The van der Waals surface area contributed by atoms with Gasteiger partial charge in [0.25, 0.3) is 5.91 Å². The molecule has 1 aliphatic heterocycles. The van der Waals surface area contributed by atoms with Crippen molar-refractivity contribution in [1.29, 1.82) is 0 Å².